The van der Waals surface area contributed by atoms with Crippen molar-refractivity contribution in [2.75, 3.05) is 13.2 Å². The Hall–Kier alpha value is -3.15. The maximum atomic E-state index is 12.8. The first-order valence-electron chi connectivity index (χ1n) is 26.0. The molecule has 0 saturated carbocycles. The molecule has 0 amide bonds. The monoisotopic (exact) mass is 865 g/mol. The third kappa shape index (κ3) is 47.9. The van der Waals surface area contributed by atoms with E-state index >= 15 is 0 Å². The summed E-state index contributed by atoms with van der Waals surface area (Å²) in [4.78, 5) is 37.9. The fourth-order valence-electron chi connectivity index (χ4n) is 7.11. The molecule has 0 bridgehead atoms. The molecule has 0 fully saturated rings. The first-order chi connectivity index (χ1) is 30.5. The maximum Gasteiger partial charge on any atom is 0.306 e. The maximum absolute atomic E-state index is 12.8. The fraction of sp³-hybridized carbons (Fsp3) is 0.732. The minimum atomic E-state index is -0.799. The molecule has 0 N–H and O–H groups in total. The van der Waals surface area contributed by atoms with Crippen LogP contribution in [0.15, 0.2) is 72.9 Å². The zero-order chi connectivity index (χ0) is 45.1. The molecule has 0 aliphatic carbocycles. The molecule has 0 aliphatic heterocycles. The summed E-state index contributed by atoms with van der Waals surface area (Å²) < 4.78 is 16.7. The standard InChI is InChI=1S/C56H96O6/c1-4-7-10-13-16-19-22-25-27-28-30-31-34-37-40-43-46-49-55(58)61-52-53(51-60-54(57)48-45-42-39-36-33-24-21-18-15-12-9-6-3)62-56(59)50-47-44-41-38-35-32-29-26-23-20-17-14-11-8-5-2/h8,11,14,17,20,23,25,27,30-31,37,40,53H,4-7,9-10,12-13,15-16,18-19,21-22,24,26,28-29,32-36,38-39,41-52H2,1-3H3/b11-8-,17-14-,23-20-,27-25-,31-30-,40-37-. The van der Waals surface area contributed by atoms with Crippen molar-refractivity contribution >= 4 is 17.9 Å². The van der Waals surface area contributed by atoms with Crippen LogP contribution in [0.1, 0.15) is 245 Å². The molecule has 0 saturated heterocycles. The summed E-state index contributed by atoms with van der Waals surface area (Å²) in [5, 5.41) is 0. The van der Waals surface area contributed by atoms with Gasteiger partial charge in [0, 0.05) is 19.3 Å². The number of hydrogen-bond donors (Lipinski definition) is 0. The number of rotatable bonds is 46. The highest BCUT2D eigenvalue weighted by atomic mass is 16.6. The molecular weight excluding hydrogens is 769 g/mol. The highest BCUT2D eigenvalue weighted by Gasteiger charge is 2.19. The van der Waals surface area contributed by atoms with Gasteiger partial charge in [0.25, 0.3) is 0 Å². The molecule has 62 heavy (non-hydrogen) atoms. The number of carbonyl (C=O) groups is 3. The van der Waals surface area contributed by atoms with E-state index in [-0.39, 0.29) is 37.5 Å². The number of esters is 3. The Morgan fingerprint density at radius 3 is 1.18 bits per heavy atom. The van der Waals surface area contributed by atoms with E-state index in [4.69, 9.17) is 14.2 Å². The summed E-state index contributed by atoms with van der Waals surface area (Å²) in [6.07, 6.45) is 63.2. The van der Waals surface area contributed by atoms with Crippen molar-refractivity contribution in [1.29, 1.82) is 0 Å². The van der Waals surface area contributed by atoms with Gasteiger partial charge in [-0.25, -0.2) is 0 Å². The van der Waals surface area contributed by atoms with Gasteiger partial charge in [-0.05, 0) is 70.6 Å². The van der Waals surface area contributed by atoms with Crippen molar-refractivity contribution in [2.45, 2.75) is 252 Å². The molecule has 356 valence electrons. The van der Waals surface area contributed by atoms with E-state index in [9.17, 15) is 14.4 Å². The lowest BCUT2D eigenvalue weighted by Gasteiger charge is -2.18. The van der Waals surface area contributed by atoms with Crippen LogP contribution in [0.5, 0.6) is 0 Å². The molecule has 0 heterocycles. The highest BCUT2D eigenvalue weighted by molar-refractivity contribution is 5.71. The van der Waals surface area contributed by atoms with E-state index in [0.29, 0.717) is 19.3 Å². The van der Waals surface area contributed by atoms with Gasteiger partial charge in [-0.15, -0.1) is 0 Å². The van der Waals surface area contributed by atoms with E-state index in [0.717, 1.165) is 77.0 Å². The fourth-order valence-corrected chi connectivity index (χ4v) is 7.11. The van der Waals surface area contributed by atoms with E-state index in [1.165, 1.54) is 122 Å². The van der Waals surface area contributed by atoms with Crippen LogP contribution in [-0.2, 0) is 28.6 Å². The lowest BCUT2D eigenvalue weighted by Crippen LogP contribution is -2.30. The van der Waals surface area contributed by atoms with Gasteiger partial charge in [-0.3, -0.25) is 14.4 Å². The predicted molar refractivity (Wildman–Crippen MR) is 265 cm³/mol. The van der Waals surface area contributed by atoms with Crippen LogP contribution >= 0.6 is 0 Å². The third-order valence-electron chi connectivity index (χ3n) is 11.0. The van der Waals surface area contributed by atoms with Crippen molar-refractivity contribution < 1.29 is 28.6 Å². The SMILES string of the molecule is CC\C=C/C=C\C=C/CCCCCCCCCC(=O)OC(COC(=O)CCC/C=C\C/C=C\C/C=C\CCCCCCCC)COC(=O)CCCCCCCCCCCCCC. The lowest BCUT2D eigenvalue weighted by molar-refractivity contribution is -0.167. The van der Waals surface area contributed by atoms with Crippen LogP contribution in [0.4, 0.5) is 0 Å². The van der Waals surface area contributed by atoms with Crippen molar-refractivity contribution in [2.24, 2.45) is 0 Å². The quantitative estimate of drug-likeness (QED) is 0.0199. The zero-order valence-corrected chi connectivity index (χ0v) is 40.6. The van der Waals surface area contributed by atoms with Crippen molar-refractivity contribution in [3.05, 3.63) is 72.9 Å². The first kappa shape index (κ1) is 58.9. The van der Waals surface area contributed by atoms with Crippen molar-refractivity contribution in [3.8, 4) is 0 Å². The van der Waals surface area contributed by atoms with E-state index in [1.54, 1.807) is 0 Å². The molecule has 6 nitrogen and oxygen atoms in total. The lowest BCUT2D eigenvalue weighted by atomic mass is 10.0. The topological polar surface area (TPSA) is 78.9 Å². The second-order valence-electron chi connectivity index (χ2n) is 17.1. The van der Waals surface area contributed by atoms with Crippen LogP contribution in [-0.4, -0.2) is 37.2 Å². The Balaban J connectivity index is 4.46. The van der Waals surface area contributed by atoms with Crippen molar-refractivity contribution in [3.63, 3.8) is 0 Å². The third-order valence-corrected chi connectivity index (χ3v) is 11.0. The number of ether oxygens (including phenoxy) is 3. The van der Waals surface area contributed by atoms with Gasteiger partial charge in [-0.2, -0.15) is 0 Å². The smallest absolute Gasteiger partial charge is 0.306 e. The summed E-state index contributed by atoms with van der Waals surface area (Å²) in [5.74, 6) is -0.959. The summed E-state index contributed by atoms with van der Waals surface area (Å²) >= 11 is 0. The average Bonchev–Trinajstić information content (AvgIpc) is 3.27. The van der Waals surface area contributed by atoms with E-state index in [1.807, 2.05) is 0 Å². The molecule has 1 atom stereocenters. The normalized spacial score (nSPS) is 12.6. The molecule has 1 unspecified atom stereocenters. The summed E-state index contributed by atoms with van der Waals surface area (Å²) in [7, 11) is 0. The van der Waals surface area contributed by atoms with E-state index in [2.05, 4.69) is 93.7 Å². The number of allylic oxidation sites excluding steroid dienone is 12. The van der Waals surface area contributed by atoms with Crippen LogP contribution in [0.2, 0.25) is 0 Å². The Morgan fingerprint density at radius 1 is 0.355 bits per heavy atom. The van der Waals surface area contributed by atoms with Crippen LogP contribution < -0.4 is 0 Å². The average molecular weight is 865 g/mol. The summed E-state index contributed by atoms with van der Waals surface area (Å²) in [6, 6.07) is 0. The number of unbranched alkanes of at least 4 members (excludes halogenated alkanes) is 25. The molecule has 0 radical (unpaired) electrons. The van der Waals surface area contributed by atoms with E-state index < -0.39 is 6.10 Å². The first-order valence-corrected chi connectivity index (χ1v) is 26.0. The van der Waals surface area contributed by atoms with Crippen LogP contribution in [0, 0.1) is 0 Å². The molecule has 0 spiro atoms. The van der Waals surface area contributed by atoms with Gasteiger partial charge in [0.15, 0.2) is 6.10 Å². The van der Waals surface area contributed by atoms with Crippen molar-refractivity contribution in [1.82, 2.24) is 0 Å². The molecule has 0 aliphatic rings. The Bertz CT molecular complexity index is 1180. The second-order valence-corrected chi connectivity index (χ2v) is 17.1. The molecular formula is C56H96O6. The summed E-state index contributed by atoms with van der Waals surface area (Å²) in [6.45, 7) is 6.45. The minimum Gasteiger partial charge on any atom is -0.462 e. The van der Waals surface area contributed by atoms with Gasteiger partial charge in [0.1, 0.15) is 13.2 Å². The zero-order valence-electron chi connectivity index (χ0n) is 40.6. The number of carbonyl (C=O) groups excluding carboxylic acids is 3. The van der Waals surface area contributed by atoms with Gasteiger partial charge in [0.05, 0.1) is 0 Å². The largest absolute Gasteiger partial charge is 0.462 e. The second kappa shape index (κ2) is 50.5. The predicted octanol–water partition coefficient (Wildman–Crippen LogP) is 17.0. The van der Waals surface area contributed by atoms with Gasteiger partial charge in [0.2, 0.25) is 0 Å². The molecule has 0 aromatic heterocycles. The summed E-state index contributed by atoms with van der Waals surface area (Å²) in [5.41, 5.74) is 0. The Labute approximate surface area is 382 Å². The van der Waals surface area contributed by atoms with Gasteiger partial charge < -0.3 is 14.2 Å². The minimum absolute atomic E-state index is 0.0946. The van der Waals surface area contributed by atoms with Crippen LogP contribution in [0.25, 0.3) is 0 Å². The number of hydrogen-bond acceptors (Lipinski definition) is 6. The molecule has 6 heteroatoms. The Morgan fingerprint density at radius 2 is 0.710 bits per heavy atom. The van der Waals surface area contributed by atoms with Crippen LogP contribution in [0.3, 0.4) is 0 Å². The molecule has 0 aromatic rings. The molecule has 0 rings (SSSR count). The van der Waals surface area contributed by atoms with Gasteiger partial charge in [-0.1, -0.05) is 229 Å². The van der Waals surface area contributed by atoms with Gasteiger partial charge >= 0.3 is 17.9 Å². The molecule has 0 aromatic carbocycles. The Kier molecular flexibility index (Phi) is 47.9. The highest BCUT2D eigenvalue weighted by Crippen LogP contribution is 2.15.